The molecule has 0 unspecified atom stereocenters. The minimum atomic E-state index is -0.695. The number of nitrogens with one attached hydrogen (secondary N) is 1. The molecule has 2 N–H and O–H groups in total. The van der Waals surface area contributed by atoms with E-state index < -0.39 is 5.97 Å². The minimum absolute atomic E-state index is 0.199. The summed E-state index contributed by atoms with van der Waals surface area (Å²) in [5.74, 6) is -0.776. The average Bonchev–Trinajstić information content (AvgIpc) is 2.48. The van der Waals surface area contributed by atoms with Crippen molar-refractivity contribution in [2.45, 2.75) is 32.2 Å². The quantitative estimate of drug-likeness (QED) is 0.874. The fourth-order valence-corrected chi connectivity index (χ4v) is 2.84. The smallest absolute Gasteiger partial charge is 0.306 e. The molecule has 4 nitrogen and oxygen atoms in total. The van der Waals surface area contributed by atoms with E-state index in [1.807, 2.05) is 0 Å². The molecule has 2 rings (SSSR count). The van der Waals surface area contributed by atoms with Crippen LogP contribution in [0.4, 0.5) is 4.39 Å². The second-order valence-corrected chi connectivity index (χ2v) is 5.60. The lowest BCUT2D eigenvalue weighted by Crippen LogP contribution is -2.28. The van der Waals surface area contributed by atoms with Gasteiger partial charge in [0, 0.05) is 6.54 Å². The first-order valence-corrected chi connectivity index (χ1v) is 7.22. The minimum Gasteiger partial charge on any atom is -0.481 e. The van der Waals surface area contributed by atoms with E-state index in [-0.39, 0.29) is 11.7 Å². The standard InChI is InChI=1S/C16H19FN2O2/c17-15-6-5-13(8-18)14(7-15)10-19-9-11-1-3-12(4-2-11)16(20)21/h5-7,11-12,19H,1-4,9-10H2,(H,20,21). The topological polar surface area (TPSA) is 73.1 Å². The van der Waals surface area contributed by atoms with Crippen molar-refractivity contribution in [3.63, 3.8) is 0 Å². The van der Waals surface area contributed by atoms with E-state index in [0.29, 0.717) is 23.6 Å². The Kier molecular flexibility index (Phi) is 5.29. The third kappa shape index (κ3) is 4.27. The maximum absolute atomic E-state index is 13.2. The monoisotopic (exact) mass is 290 g/mol. The van der Waals surface area contributed by atoms with Crippen molar-refractivity contribution in [1.29, 1.82) is 5.26 Å². The van der Waals surface area contributed by atoms with Crippen LogP contribution in [0.25, 0.3) is 0 Å². The second kappa shape index (κ2) is 7.19. The number of halogens is 1. The third-order valence-corrected chi connectivity index (χ3v) is 4.13. The molecule has 0 atom stereocenters. The van der Waals surface area contributed by atoms with Crippen molar-refractivity contribution in [3.8, 4) is 6.07 Å². The molecule has 112 valence electrons. The molecule has 0 saturated heterocycles. The van der Waals surface area contributed by atoms with Gasteiger partial charge in [-0.25, -0.2) is 4.39 Å². The van der Waals surface area contributed by atoms with Crippen molar-refractivity contribution in [2.75, 3.05) is 6.54 Å². The molecular formula is C16H19FN2O2. The van der Waals surface area contributed by atoms with E-state index >= 15 is 0 Å². The first-order chi connectivity index (χ1) is 10.1. The summed E-state index contributed by atoms with van der Waals surface area (Å²) in [6.45, 7) is 1.23. The third-order valence-electron chi connectivity index (χ3n) is 4.13. The highest BCUT2D eigenvalue weighted by Gasteiger charge is 2.25. The van der Waals surface area contributed by atoms with Crippen LogP contribution >= 0.6 is 0 Å². The molecule has 0 bridgehead atoms. The number of carboxylic acid groups (broad SMARTS) is 1. The van der Waals surface area contributed by atoms with E-state index in [1.165, 1.54) is 18.2 Å². The number of nitrogens with zero attached hydrogens (tertiary/aromatic N) is 1. The Hall–Kier alpha value is -1.93. The Morgan fingerprint density at radius 1 is 1.38 bits per heavy atom. The highest BCUT2D eigenvalue weighted by Crippen LogP contribution is 2.28. The van der Waals surface area contributed by atoms with E-state index in [2.05, 4.69) is 11.4 Å². The molecule has 1 aromatic carbocycles. The summed E-state index contributed by atoms with van der Waals surface area (Å²) in [7, 11) is 0. The molecule has 0 heterocycles. The molecule has 21 heavy (non-hydrogen) atoms. The van der Waals surface area contributed by atoms with Gasteiger partial charge < -0.3 is 10.4 Å². The van der Waals surface area contributed by atoms with Crippen LogP contribution in [-0.2, 0) is 11.3 Å². The highest BCUT2D eigenvalue weighted by atomic mass is 19.1. The van der Waals surface area contributed by atoms with Crippen molar-refractivity contribution in [2.24, 2.45) is 11.8 Å². The van der Waals surface area contributed by atoms with Crippen LogP contribution in [-0.4, -0.2) is 17.6 Å². The summed E-state index contributed by atoms with van der Waals surface area (Å²) in [4.78, 5) is 10.9. The lowest BCUT2D eigenvalue weighted by Gasteiger charge is -2.26. The predicted octanol–water partition coefficient (Wildman–Crippen LogP) is 2.68. The Morgan fingerprint density at radius 3 is 2.71 bits per heavy atom. The summed E-state index contributed by atoms with van der Waals surface area (Å²) in [6, 6.07) is 6.22. The lowest BCUT2D eigenvalue weighted by atomic mass is 9.82. The van der Waals surface area contributed by atoms with E-state index in [4.69, 9.17) is 10.4 Å². The van der Waals surface area contributed by atoms with Gasteiger partial charge in [0.15, 0.2) is 0 Å². The molecule has 5 heteroatoms. The van der Waals surface area contributed by atoms with E-state index in [1.54, 1.807) is 0 Å². The fourth-order valence-electron chi connectivity index (χ4n) is 2.84. The molecule has 0 spiro atoms. The van der Waals surface area contributed by atoms with Crippen LogP contribution in [0.3, 0.4) is 0 Å². The van der Waals surface area contributed by atoms with Gasteiger partial charge in [0.05, 0.1) is 17.6 Å². The summed E-state index contributed by atoms with van der Waals surface area (Å²) in [6.07, 6.45) is 3.26. The van der Waals surface area contributed by atoms with Crippen LogP contribution in [0.1, 0.15) is 36.8 Å². The first-order valence-electron chi connectivity index (χ1n) is 7.22. The summed E-state index contributed by atoms with van der Waals surface area (Å²) in [5, 5.41) is 21.2. The Labute approximate surface area is 123 Å². The van der Waals surface area contributed by atoms with Crippen LogP contribution in [0, 0.1) is 29.0 Å². The van der Waals surface area contributed by atoms with Crippen LogP contribution < -0.4 is 5.32 Å². The van der Waals surface area contributed by atoms with Gasteiger partial charge in [0.25, 0.3) is 0 Å². The Balaban J connectivity index is 1.79. The van der Waals surface area contributed by atoms with Gasteiger partial charge in [-0.1, -0.05) is 0 Å². The van der Waals surface area contributed by atoms with Gasteiger partial charge in [-0.2, -0.15) is 5.26 Å². The van der Waals surface area contributed by atoms with Gasteiger partial charge in [-0.3, -0.25) is 4.79 Å². The SMILES string of the molecule is N#Cc1ccc(F)cc1CNCC1CCC(C(=O)O)CC1. The molecule has 1 fully saturated rings. The number of benzene rings is 1. The number of hydrogen-bond acceptors (Lipinski definition) is 3. The van der Waals surface area contributed by atoms with Crippen LogP contribution in [0.5, 0.6) is 0 Å². The van der Waals surface area contributed by atoms with E-state index in [0.717, 1.165) is 32.2 Å². The summed E-state index contributed by atoms with van der Waals surface area (Å²) < 4.78 is 13.2. The molecule has 0 aromatic heterocycles. The Morgan fingerprint density at radius 2 is 2.10 bits per heavy atom. The van der Waals surface area contributed by atoms with Crippen molar-refractivity contribution < 1.29 is 14.3 Å². The number of carboxylic acids is 1. The molecule has 0 amide bonds. The average molecular weight is 290 g/mol. The van der Waals surface area contributed by atoms with Gasteiger partial charge in [-0.15, -0.1) is 0 Å². The number of rotatable bonds is 5. The highest BCUT2D eigenvalue weighted by molar-refractivity contribution is 5.69. The molecule has 1 aliphatic carbocycles. The normalized spacial score (nSPS) is 21.7. The number of carbonyl (C=O) groups is 1. The maximum atomic E-state index is 13.2. The van der Waals surface area contributed by atoms with Crippen LogP contribution in [0.15, 0.2) is 18.2 Å². The number of hydrogen-bond donors (Lipinski definition) is 2. The fraction of sp³-hybridized carbons (Fsp3) is 0.500. The largest absolute Gasteiger partial charge is 0.481 e. The van der Waals surface area contributed by atoms with Crippen molar-refractivity contribution in [1.82, 2.24) is 5.32 Å². The molecule has 0 aliphatic heterocycles. The zero-order valence-corrected chi connectivity index (χ0v) is 11.8. The van der Waals surface area contributed by atoms with Gasteiger partial charge in [0.2, 0.25) is 0 Å². The zero-order valence-electron chi connectivity index (χ0n) is 11.8. The lowest BCUT2D eigenvalue weighted by molar-refractivity contribution is -0.143. The predicted molar refractivity (Wildman–Crippen MR) is 75.9 cm³/mol. The van der Waals surface area contributed by atoms with Gasteiger partial charge in [0.1, 0.15) is 5.82 Å². The second-order valence-electron chi connectivity index (χ2n) is 5.60. The van der Waals surface area contributed by atoms with Gasteiger partial charge in [-0.05, 0) is 61.9 Å². The van der Waals surface area contributed by atoms with Crippen molar-refractivity contribution >= 4 is 5.97 Å². The van der Waals surface area contributed by atoms with E-state index in [9.17, 15) is 9.18 Å². The molecule has 1 saturated carbocycles. The van der Waals surface area contributed by atoms with Crippen molar-refractivity contribution in [3.05, 3.63) is 35.1 Å². The Bertz CT molecular complexity index is 546. The van der Waals surface area contributed by atoms with Crippen LogP contribution in [0.2, 0.25) is 0 Å². The molecule has 0 radical (unpaired) electrons. The number of aliphatic carboxylic acids is 1. The summed E-state index contributed by atoms with van der Waals surface area (Å²) in [5.41, 5.74) is 1.15. The summed E-state index contributed by atoms with van der Waals surface area (Å²) >= 11 is 0. The number of nitriles is 1. The zero-order chi connectivity index (χ0) is 15.2. The molecule has 1 aliphatic rings. The first kappa shape index (κ1) is 15.5. The van der Waals surface area contributed by atoms with Gasteiger partial charge >= 0.3 is 5.97 Å². The molecular weight excluding hydrogens is 271 g/mol. The molecule has 1 aromatic rings. The maximum Gasteiger partial charge on any atom is 0.306 e.